The highest BCUT2D eigenvalue weighted by molar-refractivity contribution is 9.10. The van der Waals surface area contributed by atoms with Crippen LogP contribution in [0.25, 0.3) is 0 Å². The number of nitrogens with zero attached hydrogens (tertiary/aromatic N) is 3. The number of hydrogen-bond donors (Lipinski definition) is 2. The first kappa shape index (κ1) is 10.7. The number of anilines is 1. The number of H-pyrrole nitrogens is 1. The molecule has 0 aliphatic heterocycles. The van der Waals surface area contributed by atoms with Crippen LogP contribution in [-0.4, -0.2) is 26.3 Å². The maximum absolute atomic E-state index is 11.6. The van der Waals surface area contributed by atoms with E-state index in [4.69, 9.17) is 0 Å². The second-order valence-corrected chi connectivity index (χ2v) is 4.04. The molecule has 7 heteroatoms. The molecule has 0 aromatic carbocycles. The zero-order valence-corrected chi connectivity index (χ0v) is 9.95. The van der Waals surface area contributed by atoms with Crippen molar-refractivity contribution in [1.29, 1.82) is 0 Å². The van der Waals surface area contributed by atoms with Gasteiger partial charge in [-0.2, -0.15) is 15.4 Å². The van der Waals surface area contributed by atoms with Crippen LogP contribution in [0.2, 0.25) is 0 Å². The van der Waals surface area contributed by atoms with E-state index in [1.807, 2.05) is 13.0 Å². The summed E-state index contributed by atoms with van der Waals surface area (Å²) in [6.07, 6.45) is 2.97. The van der Waals surface area contributed by atoms with Gasteiger partial charge in [0.2, 0.25) is 0 Å². The molecule has 2 heterocycles. The second-order valence-electron chi connectivity index (χ2n) is 3.13. The summed E-state index contributed by atoms with van der Waals surface area (Å²) in [5.74, 6) is 0.169. The molecule has 2 rings (SSSR count). The molecule has 0 aliphatic carbocycles. The predicted octanol–water partition coefficient (Wildman–Crippen LogP) is 1.52. The lowest BCUT2D eigenvalue weighted by Crippen LogP contribution is -2.14. The predicted molar refractivity (Wildman–Crippen MR) is 61.0 cm³/mol. The average molecular weight is 282 g/mol. The minimum absolute atomic E-state index is 0.226. The van der Waals surface area contributed by atoms with Gasteiger partial charge >= 0.3 is 0 Å². The maximum Gasteiger partial charge on any atom is 0.278 e. The Hall–Kier alpha value is -1.76. The summed E-state index contributed by atoms with van der Waals surface area (Å²) in [7, 11) is 0. The lowest BCUT2D eigenvalue weighted by Gasteiger charge is -2.05. The van der Waals surface area contributed by atoms with Crippen molar-refractivity contribution in [2.24, 2.45) is 0 Å². The fourth-order valence-electron chi connectivity index (χ4n) is 1.15. The van der Waals surface area contributed by atoms with Crippen LogP contribution in [0.3, 0.4) is 0 Å². The standard InChI is InChI=1S/C9H8BrN5O/c1-5-2-6(10)3-11-8(5)13-9(16)7-4-12-15-14-7/h2-4H,1H3,(H,11,13,16)(H,12,14,15). The lowest BCUT2D eigenvalue weighted by atomic mass is 10.3. The van der Waals surface area contributed by atoms with Gasteiger partial charge in [0, 0.05) is 10.7 Å². The molecule has 16 heavy (non-hydrogen) atoms. The van der Waals surface area contributed by atoms with Gasteiger partial charge in [0.1, 0.15) is 5.82 Å². The van der Waals surface area contributed by atoms with Gasteiger partial charge in [0.25, 0.3) is 5.91 Å². The number of hydrogen-bond acceptors (Lipinski definition) is 4. The van der Waals surface area contributed by atoms with Crippen LogP contribution in [-0.2, 0) is 0 Å². The highest BCUT2D eigenvalue weighted by Gasteiger charge is 2.10. The summed E-state index contributed by atoms with van der Waals surface area (Å²) < 4.78 is 0.865. The molecule has 2 aromatic rings. The molecule has 2 aromatic heterocycles. The van der Waals surface area contributed by atoms with Gasteiger partial charge in [-0.15, -0.1) is 0 Å². The van der Waals surface area contributed by atoms with Gasteiger partial charge < -0.3 is 5.32 Å². The van der Waals surface area contributed by atoms with E-state index < -0.39 is 0 Å². The quantitative estimate of drug-likeness (QED) is 0.874. The first-order valence-corrected chi connectivity index (χ1v) is 5.25. The minimum atomic E-state index is -0.341. The molecule has 0 spiro atoms. The molecule has 0 saturated heterocycles. The first-order chi connectivity index (χ1) is 7.66. The van der Waals surface area contributed by atoms with Gasteiger partial charge in [-0.3, -0.25) is 4.79 Å². The number of aryl methyl sites for hydroxylation is 1. The normalized spacial score (nSPS) is 10.1. The summed E-state index contributed by atoms with van der Waals surface area (Å²) >= 11 is 3.30. The Balaban J connectivity index is 2.18. The highest BCUT2D eigenvalue weighted by atomic mass is 79.9. The third kappa shape index (κ3) is 2.25. The Kier molecular flexibility index (Phi) is 2.95. The van der Waals surface area contributed by atoms with Crippen molar-refractivity contribution in [1.82, 2.24) is 20.4 Å². The van der Waals surface area contributed by atoms with E-state index in [9.17, 15) is 4.79 Å². The molecule has 82 valence electrons. The molecular weight excluding hydrogens is 274 g/mol. The van der Waals surface area contributed by atoms with Crippen LogP contribution < -0.4 is 5.32 Å². The zero-order chi connectivity index (χ0) is 11.5. The lowest BCUT2D eigenvalue weighted by molar-refractivity contribution is 0.102. The van der Waals surface area contributed by atoms with Crippen LogP contribution in [0.4, 0.5) is 5.82 Å². The van der Waals surface area contributed by atoms with Gasteiger partial charge in [0.15, 0.2) is 5.69 Å². The maximum atomic E-state index is 11.6. The van der Waals surface area contributed by atoms with Gasteiger partial charge in [0.05, 0.1) is 6.20 Å². The Labute approximate surface area is 99.6 Å². The topological polar surface area (TPSA) is 83.6 Å². The van der Waals surface area contributed by atoms with E-state index >= 15 is 0 Å². The Morgan fingerprint density at radius 1 is 1.50 bits per heavy atom. The number of halogens is 1. The fourth-order valence-corrected chi connectivity index (χ4v) is 1.60. The van der Waals surface area contributed by atoms with Gasteiger partial charge in [-0.05, 0) is 34.5 Å². The third-order valence-corrected chi connectivity index (χ3v) is 2.36. The molecule has 2 N–H and O–H groups in total. The number of carbonyl (C=O) groups is 1. The number of aromatic amines is 1. The monoisotopic (exact) mass is 281 g/mol. The molecule has 0 fully saturated rings. The number of amides is 1. The van der Waals surface area contributed by atoms with Crippen molar-refractivity contribution >= 4 is 27.7 Å². The number of carbonyl (C=O) groups excluding carboxylic acids is 1. The highest BCUT2D eigenvalue weighted by Crippen LogP contribution is 2.16. The summed E-state index contributed by atoms with van der Waals surface area (Å²) in [4.78, 5) is 15.7. The Bertz CT molecular complexity index is 511. The summed E-state index contributed by atoms with van der Waals surface area (Å²) in [6, 6.07) is 1.87. The largest absolute Gasteiger partial charge is 0.305 e. The van der Waals surface area contributed by atoms with E-state index in [0.717, 1.165) is 10.0 Å². The van der Waals surface area contributed by atoms with E-state index in [2.05, 4.69) is 41.6 Å². The number of aromatic nitrogens is 4. The fraction of sp³-hybridized carbons (Fsp3) is 0.111. The summed E-state index contributed by atoms with van der Waals surface area (Å²) in [6.45, 7) is 1.86. The number of pyridine rings is 1. The van der Waals surface area contributed by atoms with E-state index in [1.54, 1.807) is 6.20 Å². The van der Waals surface area contributed by atoms with Crippen LogP contribution in [0.1, 0.15) is 16.1 Å². The summed E-state index contributed by atoms with van der Waals surface area (Å²) in [5, 5.41) is 12.2. The van der Waals surface area contributed by atoms with Crippen LogP contribution in [0.5, 0.6) is 0 Å². The van der Waals surface area contributed by atoms with Crippen molar-refractivity contribution in [3.05, 3.63) is 34.2 Å². The van der Waals surface area contributed by atoms with Crippen LogP contribution >= 0.6 is 15.9 Å². The van der Waals surface area contributed by atoms with Crippen molar-refractivity contribution < 1.29 is 4.79 Å². The van der Waals surface area contributed by atoms with Crippen molar-refractivity contribution in [2.45, 2.75) is 6.92 Å². The molecule has 0 bridgehead atoms. The van der Waals surface area contributed by atoms with Crippen LogP contribution in [0, 0.1) is 6.92 Å². The SMILES string of the molecule is Cc1cc(Br)cnc1NC(=O)c1cn[nH]n1. The van der Waals surface area contributed by atoms with Gasteiger partial charge in [-0.1, -0.05) is 0 Å². The molecular formula is C9H8BrN5O. The van der Waals surface area contributed by atoms with Crippen molar-refractivity contribution in [3.63, 3.8) is 0 Å². The van der Waals surface area contributed by atoms with Crippen LogP contribution in [0.15, 0.2) is 22.9 Å². The molecule has 6 nitrogen and oxygen atoms in total. The number of rotatable bonds is 2. The molecule has 1 amide bonds. The first-order valence-electron chi connectivity index (χ1n) is 4.46. The summed E-state index contributed by atoms with van der Waals surface area (Å²) in [5.41, 5.74) is 1.09. The smallest absolute Gasteiger partial charge is 0.278 e. The zero-order valence-electron chi connectivity index (χ0n) is 8.36. The molecule has 0 saturated carbocycles. The van der Waals surface area contributed by atoms with Crippen molar-refractivity contribution in [2.75, 3.05) is 5.32 Å². The van der Waals surface area contributed by atoms with E-state index in [0.29, 0.717) is 5.82 Å². The van der Waals surface area contributed by atoms with E-state index in [1.165, 1.54) is 6.20 Å². The molecule has 0 unspecified atom stereocenters. The molecule has 0 atom stereocenters. The van der Waals surface area contributed by atoms with E-state index in [-0.39, 0.29) is 11.6 Å². The van der Waals surface area contributed by atoms with Crippen molar-refractivity contribution in [3.8, 4) is 0 Å². The molecule has 0 radical (unpaired) electrons. The minimum Gasteiger partial charge on any atom is -0.305 e. The molecule has 0 aliphatic rings. The Morgan fingerprint density at radius 2 is 2.31 bits per heavy atom. The number of nitrogens with one attached hydrogen (secondary N) is 2. The second kappa shape index (κ2) is 4.40. The van der Waals surface area contributed by atoms with Gasteiger partial charge in [-0.25, -0.2) is 4.98 Å². The Morgan fingerprint density at radius 3 is 2.94 bits per heavy atom. The average Bonchev–Trinajstić information content (AvgIpc) is 2.75. The third-order valence-electron chi connectivity index (χ3n) is 1.92.